The molecule has 2 aromatic heterocycles. The molecule has 0 aliphatic heterocycles. The molecular formula is C46H50FNS. The van der Waals surface area contributed by atoms with Crippen LogP contribution in [-0.4, -0.2) is 4.98 Å². The van der Waals surface area contributed by atoms with Crippen molar-refractivity contribution < 1.29 is 4.39 Å². The maximum absolute atomic E-state index is 16.0. The quantitative estimate of drug-likeness (QED) is 0.179. The Balaban J connectivity index is 1.44. The van der Waals surface area contributed by atoms with Gasteiger partial charge in [-0.3, -0.25) is 4.98 Å². The summed E-state index contributed by atoms with van der Waals surface area (Å²) in [6, 6.07) is 20.2. The van der Waals surface area contributed by atoms with Crippen molar-refractivity contribution in [3.8, 4) is 22.4 Å². The third-order valence-corrected chi connectivity index (χ3v) is 13.3. The third kappa shape index (κ3) is 4.63. The largest absolute Gasteiger partial charge is 0.252 e. The van der Waals surface area contributed by atoms with Gasteiger partial charge in [0.15, 0.2) is 5.82 Å². The van der Waals surface area contributed by atoms with Gasteiger partial charge >= 0.3 is 0 Å². The van der Waals surface area contributed by atoms with Gasteiger partial charge in [-0.15, -0.1) is 11.3 Å². The van der Waals surface area contributed by atoms with Crippen LogP contribution >= 0.6 is 11.3 Å². The Morgan fingerprint density at radius 3 is 1.94 bits per heavy atom. The number of nitrogens with zero attached hydrogens (tertiary/aromatic N) is 1. The number of hydrogen-bond acceptors (Lipinski definition) is 2. The molecule has 0 bridgehead atoms. The molecule has 8 rings (SSSR count). The number of fused-ring (bicyclic) bond motifs is 6. The molecule has 0 amide bonds. The maximum atomic E-state index is 16.0. The van der Waals surface area contributed by atoms with Crippen LogP contribution in [0, 0.1) is 12.7 Å². The Kier molecular flexibility index (Phi) is 6.68. The van der Waals surface area contributed by atoms with Crippen molar-refractivity contribution in [2.45, 2.75) is 123 Å². The fourth-order valence-electron chi connectivity index (χ4n) is 10.5. The second-order valence-corrected chi connectivity index (χ2v) is 19.9. The van der Waals surface area contributed by atoms with Crippen LogP contribution in [0.2, 0.25) is 0 Å². The van der Waals surface area contributed by atoms with E-state index >= 15 is 4.39 Å². The summed E-state index contributed by atoms with van der Waals surface area (Å²) < 4.78 is 18.1. The summed E-state index contributed by atoms with van der Waals surface area (Å²) in [6.45, 7) is 28.6. The average Bonchev–Trinajstić information content (AvgIpc) is 3.54. The first kappa shape index (κ1) is 32.6. The van der Waals surface area contributed by atoms with Gasteiger partial charge in [0.05, 0.1) is 16.6 Å². The van der Waals surface area contributed by atoms with Crippen LogP contribution in [0.1, 0.15) is 122 Å². The van der Waals surface area contributed by atoms with Gasteiger partial charge in [-0.05, 0) is 114 Å². The SMILES string of the molecule is Cc1c(-c2c3c(cc4c2C(C)(C)CC4(C)C)C(C)(C)CC3(C)C)ccc2c1sc1c(-c3cc(C(C)(C)C)c4ccccc4c3)ncc(F)c12. The summed E-state index contributed by atoms with van der Waals surface area (Å²) >= 11 is 1.71. The Hall–Kier alpha value is -3.56. The molecule has 2 aliphatic rings. The summed E-state index contributed by atoms with van der Waals surface area (Å²) in [5.41, 5.74) is 13.5. The second kappa shape index (κ2) is 10.0. The molecule has 0 atom stereocenters. The zero-order valence-electron chi connectivity index (χ0n) is 31.4. The number of halogens is 1. The van der Waals surface area contributed by atoms with Crippen LogP contribution in [-0.2, 0) is 27.1 Å². The fraction of sp³-hybridized carbons (Fsp3) is 0.413. The predicted octanol–water partition coefficient (Wildman–Crippen LogP) is 13.6. The molecule has 1 nitrogen and oxygen atoms in total. The highest BCUT2D eigenvalue weighted by Gasteiger charge is 2.50. The molecule has 0 unspecified atom stereocenters. The van der Waals surface area contributed by atoms with E-state index in [1.54, 1.807) is 11.3 Å². The van der Waals surface area contributed by atoms with Gasteiger partial charge in [0.1, 0.15) is 0 Å². The molecule has 2 aliphatic carbocycles. The van der Waals surface area contributed by atoms with Gasteiger partial charge in [0, 0.05) is 21.0 Å². The van der Waals surface area contributed by atoms with Gasteiger partial charge in [-0.2, -0.15) is 0 Å². The van der Waals surface area contributed by atoms with E-state index in [4.69, 9.17) is 4.98 Å². The first-order valence-corrected chi connectivity index (χ1v) is 18.8. The number of hydrogen-bond donors (Lipinski definition) is 0. The van der Waals surface area contributed by atoms with E-state index in [1.165, 1.54) is 61.5 Å². The van der Waals surface area contributed by atoms with E-state index in [1.807, 2.05) is 0 Å². The Labute approximate surface area is 296 Å². The summed E-state index contributed by atoms with van der Waals surface area (Å²) in [5.74, 6) is -0.249. The Morgan fingerprint density at radius 1 is 0.714 bits per heavy atom. The van der Waals surface area contributed by atoms with E-state index in [2.05, 4.69) is 138 Å². The summed E-state index contributed by atoms with van der Waals surface area (Å²) in [5, 5.41) is 4.12. The van der Waals surface area contributed by atoms with Crippen molar-refractivity contribution in [2.75, 3.05) is 0 Å². The number of thiophene rings is 1. The third-order valence-electron chi connectivity index (χ3n) is 12.0. The van der Waals surface area contributed by atoms with Crippen molar-refractivity contribution in [1.82, 2.24) is 4.98 Å². The molecular weight excluding hydrogens is 618 g/mol. The molecule has 0 fully saturated rings. The molecule has 0 saturated heterocycles. The highest BCUT2D eigenvalue weighted by atomic mass is 32.1. The molecule has 0 saturated carbocycles. The highest BCUT2D eigenvalue weighted by molar-refractivity contribution is 7.26. The van der Waals surface area contributed by atoms with E-state index in [0.29, 0.717) is 5.39 Å². The first-order valence-electron chi connectivity index (χ1n) is 18.0. The minimum atomic E-state index is -0.249. The number of aromatic nitrogens is 1. The standard InChI is InChI=1S/C46H50FNS/c1-25-28(36-37-32(43(5,6)23-45(37,9)10)21-33-38(36)46(11,12)24-44(33,7)8)17-18-30-35-34(47)22-48-39(41(35)49-40(25)30)27-19-26-15-13-14-16-29(26)31(20-27)42(2,3)4/h13-22H,23-24H2,1-12H3. The topological polar surface area (TPSA) is 12.9 Å². The zero-order chi connectivity index (χ0) is 35.2. The van der Waals surface area contributed by atoms with Gasteiger partial charge in [0.25, 0.3) is 0 Å². The number of benzene rings is 4. The minimum absolute atomic E-state index is 0.0393. The molecule has 2 heterocycles. The van der Waals surface area contributed by atoms with Crippen LogP contribution < -0.4 is 0 Å². The van der Waals surface area contributed by atoms with Crippen molar-refractivity contribution >= 4 is 42.3 Å². The molecule has 49 heavy (non-hydrogen) atoms. The lowest BCUT2D eigenvalue weighted by molar-refractivity contribution is 0.396. The smallest absolute Gasteiger partial charge is 0.150 e. The molecule has 4 aromatic carbocycles. The van der Waals surface area contributed by atoms with Gasteiger partial charge < -0.3 is 0 Å². The maximum Gasteiger partial charge on any atom is 0.150 e. The van der Waals surface area contributed by atoms with Crippen molar-refractivity contribution in [3.05, 3.63) is 100.0 Å². The van der Waals surface area contributed by atoms with E-state index in [9.17, 15) is 0 Å². The van der Waals surface area contributed by atoms with Crippen molar-refractivity contribution in [1.29, 1.82) is 0 Å². The summed E-state index contributed by atoms with van der Waals surface area (Å²) in [6.07, 6.45) is 3.68. The number of rotatable bonds is 2. The molecule has 0 spiro atoms. The van der Waals surface area contributed by atoms with Crippen LogP contribution in [0.4, 0.5) is 4.39 Å². The lowest BCUT2D eigenvalue weighted by Crippen LogP contribution is -2.20. The predicted molar refractivity (Wildman–Crippen MR) is 210 cm³/mol. The number of aryl methyl sites for hydroxylation is 1. The van der Waals surface area contributed by atoms with Crippen LogP contribution in [0.25, 0.3) is 53.3 Å². The summed E-state index contributed by atoms with van der Waals surface area (Å²) in [7, 11) is 0. The fourth-order valence-corrected chi connectivity index (χ4v) is 11.8. The van der Waals surface area contributed by atoms with E-state index in [-0.39, 0.29) is 32.9 Å². The second-order valence-electron chi connectivity index (χ2n) is 18.9. The average molecular weight is 668 g/mol. The van der Waals surface area contributed by atoms with Crippen molar-refractivity contribution in [2.24, 2.45) is 0 Å². The highest BCUT2D eigenvalue weighted by Crippen LogP contribution is 2.61. The molecule has 6 aromatic rings. The zero-order valence-corrected chi connectivity index (χ0v) is 32.2. The number of pyridine rings is 1. The van der Waals surface area contributed by atoms with Crippen molar-refractivity contribution in [3.63, 3.8) is 0 Å². The summed E-state index contributed by atoms with van der Waals surface area (Å²) in [4.78, 5) is 4.81. The molecule has 0 N–H and O–H groups in total. The normalized spacial score (nSPS) is 18.8. The van der Waals surface area contributed by atoms with Gasteiger partial charge in [0.2, 0.25) is 0 Å². The molecule has 0 radical (unpaired) electrons. The molecule has 252 valence electrons. The van der Waals surface area contributed by atoms with Gasteiger partial charge in [-0.25, -0.2) is 4.39 Å². The van der Waals surface area contributed by atoms with Gasteiger partial charge in [-0.1, -0.05) is 119 Å². The van der Waals surface area contributed by atoms with Crippen LogP contribution in [0.5, 0.6) is 0 Å². The van der Waals surface area contributed by atoms with E-state index in [0.717, 1.165) is 38.9 Å². The van der Waals surface area contributed by atoms with E-state index < -0.39 is 0 Å². The van der Waals surface area contributed by atoms with Crippen LogP contribution in [0.3, 0.4) is 0 Å². The first-order chi connectivity index (χ1) is 22.7. The molecule has 3 heteroatoms. The van der Waals surface area contributed by atoms with Crippen LogP contribution in [0.15, 0.2) is 60.8 Å². The lowest BCUT2D eigenvalue weighted by atomic mass is 9.73. The Bertz CT molecular complexity index is 2340. The lowest BCUT2D eigenvalue weighted by Gasteiger charge is -2.30. The minimum Gasteiger partial charge on any atom is -0.252 e. The Morgan fingerprint density at radius 2 is 1.33 bits per heavy atom. The monoisotopic (exact) mass is 667 g/mol.